The Morgan fingerprint density at radius 2 is 1.12 bits per heavy atom. The van der Waals surface area contributed by atoms with E-state index in [4.69, 9.17) is 4.98 Å². The first kappa shape index (κ1) is 28.2. The highest BCUT2D eigenvalue weighted by molar-refractivity contribution is 7.92. The highest BCUT2D eigenvalue weighted by Gasteiger charge is 2.53. The maximum Gasteiger partial charge on any atom is 0.239 e. The van der Waals surface area contributed by atoms with E-state index in [0.717, 1.165) is 77.0 Å². The molecular weight excluding hydrogens is 615 g/mol. The molecule has 230 valence electrons. The summed E-state index contributed by atoms with van der Waals surface area (Å²) < 4.78 is 2.29. The van der Waals surface area contributed by atoms with Gasteiger partial charge in [0.1, 0.15) is 21.7 Å². The highest BCUT2D eigenvalue weighted by atomic mass is 31.2. The molecule has 0 amide bonds. The first-order valence-electron chi connectivity index (χ1n) is 16.6. The molecule has 49 heavy (non-hydrogen) atoms. The fourth-order valence-corrected chi connectivity index (χ4v) is 10.9. The van der Waals surface area contributed by atoms with Crippen molar-refractivity contribution in [1.82, 2.24) is 9.55 Å². The number of hydrogen-bond acceptors (Lipinski definition) is 2. The molecule has 4 heteroatoms. The van der Waals surface area contributed by atoms with Crippen LogP contribution in [0.4, 0.5) is 0 Å². The summed E-state index contributed by atoms with van der Waals surface area (Å²) >= 11 is 0. The van der Waals surface area contributed by atoms with E-state index < -0.39 is 7.49 Å². The molecule has 0 radical (unpaired) electrons. The molecule has 9 aromatic rings. The molecule has 1 N–H and O–H groups in total. The summed E-state index contributed by atoms with van der Waals surface area (Å²) in [7, 11) is -2.96. The Labute approximate surface area is 284 Å². The van der Waals surface area contributed by atoms with Crippen molar-refractivity contribution >= 4 is 56.0 Å². The topological polar surface area (TPSA) is 38.0 Å². The van der Waals surface area contributed by atoms with Crippen LogP contribution >= 0.6 is 7.49 Å². The van der Waals surface area contributed by atoms with Crippen molar-refractivity contribution in [3.63, 3.8) is 0 Å². The summed E-state index contributed by atoms with van der Waals surface area (Å²) in [4.78, 5) is 18.5. The molecule has 1 aliphatic heterocycles. The van der Waals surface area contributed by atoms with Crippen molar-refractivity contribution in [3.05, 3.63) is 176 Å². The molecule has 0 aliphatic carbocycles. The molecule has 2 aromatic heterocycles. The van der Waals surface area contributed by atoms with Gasteiger partial charge in [0.15, 0.2) is 0 Å². The highest BCUT2D eigenvalue weighted by Crippen LogP contribution is 2.60. The lowest BCUT2D eigenvalue weighted by Gasteiger charge is -2.17. The van der Waals surface area contributed by atoms with Gasteiger partial charge < -0.3 is 0 Å². The lowest BCUT2D eigenvalue weighted by molar-refractivity contribution is 0.634. The summed E-state index contributed by atoms with van der Waals surface area (Å²) in [5.41, 5.74) is 8.58. The van der Waals surface area contributed by atoms with Crippen LogP contribution in [0.3, 0.4) is 0 Å². The third kappa shape index (κ3) is 4.20. The van der Waals surface area contributed by atoms with Gasteiger partial charge in [-0.2, -0.15) is 0 Å². The minimum Gasteiger partial charge on any atom is -0.294 e. The van der Waals surface area contributed by atoms with E-state index in [9.17, 15) is 4.89 Å². The second-order valence-corrected chi connectivity index (χ2v) is 15.5. The molecule has 1 unspecified atom stereocenters. The summed E-state index contributed by atoms with van der Waals surface area (Å²) in [6, 6.07) is 61.6. The Kier molecular flexibility index (Phi) is 6.23. The zero-order valence-electron chi connectivity index (χ0n) is 26.5. The zero-order chi connectivity index (χ0) is 32.5. The minimum absolute atomic E-state index is 0.842. The largest absolute Gasteiger partial charge is 0.294 e. The predicted molar refractivity (Wildman–Crippen MR) is 207 cm³/mol. The Bertz CT molecular complexity index is 2660. The molecule has 0 saturated heterocycles. The number of hydrogen-bond donors (Lipinski definition) is 1. The van der Waals surface area contributed by atoms with Gasteiger partial charge in [-0.1, -0.05) is 127 Å². The molecule has 3 heterocycles. The van der Waals surface area contributed by atoms with Crippen LogP contribution in [0.1, 0.15) is 0 Å². The number of benzene rings is 7. The smallest absolute Gasteiger partial charge is 0.239 e. The van der Waals surface area contributed by atoms with Gasteiger partial charge in [-0.05, 0) is 64.4 Å². The van der Waals surface area contributed by atoms with Gasteiger partial charge in [0.25, 0.3) is 0 Å². The standard InChI is InChI=1S/C45H30N2OP/c48-49(34-19-8-3-9-20-34)42-25-24-31-16-10-11-21-35(31)45(42)38-28-37-36-22-12-13-23-40(36)47(41(37)29-43(38)49)44-27-33(30-14-4-1-5-15-30)26-39(46-44)32-17-6-2-7-18-32/h1-29,48H/q+1. The molecule has 0 bridgehead atoms. The molecule has 7 aromatic carbocycles. The number of nitrogens with zero attached hydrogens (tertiary/aromatic N) is 2. The van der Waals surface area contributed by atoms with Crippen LogP contribution in [0.25, 0.3) is 71.9 Å². The molecule has 0 spiro atoms. The van der Waals surface area contributed by atoms with Crippen molar-refractivity contribution in [3.8, 4) is 39.3 Å². The van der Waals surface area contributed by atoms with Crippen LogP contribution in [-0.4, -0.2) is 14.4 Å². The molecule has 1 atom stereocenters. The van der Waals surface area contributed by atoms with E-state index in [2.05, 4.69) is 156 Å². The van der Waals surface area contributed by atoms with Gasteiger partial charge in [-0.3, -0.25) is 4.57 Å². The van der Waals surface area contributed by atoms with E-state index in [1.807, 2.05) is 24.3 Å². The van der Waals surface area contributed by atoms with Gasteiger partial charge >= 0.3 is 0 Å². The van der Waals surface area contributed by atoms with Gasteiger partial charge in [0.05, 0.1) is 16.7 Å². The summed E-state index contributed by atoms with van der Waals surface area (Å²) in [5, 5.41) is 7.61. The molecule has 10 rings (SSSR count). The van der Waals surface area contributed by atoms with Gasteiger partial charge in [-0.15, -0.1) is 0 Å². The Morgan fingerprint density at radius 1 is 0.469 bits per heavy atom. The fourth-order valence-electron chi connectivity index (χ4n) is 7.77. The van der Waals surface area contributed by atoms with Crippen molar-refractivity contribution < 1.29 is 4.89 Å². The fraction of sp³-hybridized carbons (Fsp3) is 0. The van der Waals surface area contributed by atoms with Crippen LogP contribution in [0.2, 0.25) is 0 Å². The second-order valence-electron chi connectivity index (χ2n) is 12.7. The van der Waals surface area contributed by atoms with Crippen molar-refractivity contribution in [2.24, 2.45) is 0 Å². The molecule has 3 nitrogen and oxygen atoms in total. The van der Waals surface area contributed by atoms with Crippen molar-refractivity contribution in [2.75, 3.05) is 0 Å². The molecule has 0 fully saturated rings. The lowest BCUT2D eigenvalue weighted by Crippen LogP contribution is -2.27. The van der Waals surface area contributed by atoms with Crippen LogP contribution in [0.15, 0.2) is 176 Å². The Morgan fingerprint density at radius 3 is 1.90 bits per heavy atom. The number of pyridine rings is 1. The first-order chi connectivity index (χ1) is 24.2. The maximum absolute atomic E-state index is 13.2. The van der Waals surface area contributed by atoms with Gasteiger partial charge in [0.2, 0.25) is 7.49 Å². The first-order valence-corrected chi connectivity index (χ1v) is 18.3. The monoisotopic (exact) mass is 645 g/mol. The van der Waals surface area contributed by atoms with E-state index >= 15 is 0 Å². The molecular formula is C45H30N2OP+. The van der Waals surface area contributed by atoms with Crippen LogP contribution in [0.5, 0.6) is 0 Å². The molecule has 0 saturated carbocycles. The van der Waals surface area contributed by atoms with E-state index in [1.54, 1.807) is 0 Å². The predicted octanol–water partition coefficient (Wildman–Crippen LogP) is 9.85. The maximum atomic E-state index is 13.2. The second kappa shape index (κ2) is 10.8. The molecule has 1 aliphatic rings. The average Bonchev–Trinajstić information content (AvgIpc) is 3.64. The number of aromatic nitrogens is 2. The van der Waals surface area contributed by atoms with E-state index in [0.29, 0.717) is 0 Å². The zero-order valence-corrected chi connectivity index (χ0v) is 27.4. The average molecular weight is 646 g/mol. The normalized spacial score (nSPS) is 15.1. The van der Waals surface area contributed by atoms with Crippen LogP contribution in [0, 0.1) is 0 Å². The summed E-state index contributed by atoms with van der Waals surface area (Å²) in [5.74, 6) is 0.842. The quantitative estimate of drug-likeness (QED) is 0.194. The van der Waals surface area contributed by atoms with Crippen LogP contribution in [-0.2, 0) is 0 Å². The SMILES string of the molecule is O[P+]1(c2ccccc2)c2cc3c(cc2-c2c1ccc1ccccc21)c1ccccc1n3-c1cc(-c2ccccc2)cc(-c2ccccc2)n1. The van der Waals surface area contributed by atoms with Gasteiger partial charge in [0, 0.05) is 33.5 Å². The van der Waals surface area contributed by atoms with E-state index in [1.165, 1.54) is 10.8 Å². The van der Waals surface area contributed by atoms with Crippen molar-refractivity contribution in [1.29, 1.82) is 0 Å². The minimum atomic E-state index is -2.96. The Balaban J connectivity index is 1.32. The number of para-hydroxylation sites is 1. The third-order valence-corrected chi connectivity index (χ3v) is 13.2. The number of rotatable bonds is 4. The number of fused-ring (bicyclic) bond motifs is 8. The van der Waals surface area contributed by atoms with Gasteiger partial charge in [-0.25, -0.2) is 9.88 Å². The Hall–Kier alpha value is -5.86. The lowest BCUT2D eigenvalue weighted by atomic mass is 9.97. The summed E-state index contributed by atoms with van der Waals surface area (Å²) in [6.45, 7) is 0. The third-order valence-electron chi connectivity index (χ3n) is 10.0. The van der Waals surface area contributed by atoms with E-state index in [-0.39, 0.29) is 0 Å². The van der Waals surface area contributed by atoms with Crippen LogP contribution < -0.4 is 15.9 Å². The van der Waals surface area contributed by atoms with Crippen molar-refractivity contribution in [2.45, 2.75) is 0 Å². The summed E-state index contributed by atoms with van der Waals surface area (Å²) in [6.07, 6.45) is 0.